The fourth-order valence-corrected chi connectivity index (χ4v) is 4.41. The van der Waals surface area contributed by atoms with E-state index in [1.807, 2.05) is 6.92 Å². The van der Waals surface area contributed by atoms with Gasteiger partial charge in [0.2, 0.25) is 0 Å². The zero-order valence-corrected chi connectivity index (χ0v) is 14.9. The van der Waals surface area contributed by atoms with Gasteiger partial charge in [0.25, 0.3) is 10.0 Å². The van der Waals surface area contributed by atoms with Gasteiger partial charge in [0, 0.05) is 15.1 Å². The summed E-state index contributed by atoms with van der Waals surface area (Å²) >= 11 is 12.5. The van der Waals surface area contributed by atoms with Crippen LogP contribution in [0.3, 0.4) is 0 Å². The van der Waals surface area contributed by atoms with Gasteiger partial charge in [-0.3, -0.25) is 4.72 Å². The Hall–Kier alpha value is -0.630. The van der Waals surface area contributed by atoms with E-state index in [9.17, 15) is 8.42 Å². The molecule has 0 spiro atoms. The van der Waals surface area contributed by atoms with E-state index in [0.29, 0.717) is 8.95 Å². The second-order valence-electron chi connectivity index (χ2n) is 3.97. The molecule has 8 heteroatoms. The molecule has 0 amide bonds. The fraction of sp³-hybridized carbons (Fsp3) is 0.0833. The van der Waals surface area contributed by atoms with Crippen molar-refractivity contribution in [3.63, 3.8) is 0 Å². The Morgan fingerprint density at radius 3 is 2.60 bits per heavy atom. The van der Waals surface area contributed by atoms with Crippen molar-refractivity contribution < 1.29 is 8.42 Å². The van der Waals surface area contributed by atoms with Crippen LogP contribution in [0.2, 0.25) is 5.02 Å². The van der Waals surface area contributed by atoms with E-state index in [2.05, 4.69) is 41.6 Å². The van der Waals surface area contributed by atoms with Crippen molar-refractivity contribution in [1.29, 1.82) is 0 Å². The summed E-state index contributed by atoms with van der Waals surface area (Å²) in [7, 11) is -3.78. The predicted octanol–water partition coefficient (Wildman–Crippen LogP) is 4.37. The lowest BCUT2D eigenvalue weighted by molar-refractivity contribution is 0.600. The smallest absolute Gasteiger partial charge is 0.262 e. The van der Waals surface area contributed by atoms with Crippen LogP contribution >= 0.6 is 43.5 Å². The maximum atomic E-state index is 12.4. The first-order valence-electron chi connectivity index (χ1n) is 5.40. The highest BCUT2D eigenvalue weighted by Crippen LogP contribution is 2.30. The van der Waals surface area contributed by atoms with Gasteiger partial charge in [-0.2, -0.15) is 0 Å². The maximum Gasteiger partial charge on any atom is 0.264 e. The Bertz CT molecular complexity index is 766. The Morgan fingerprint density at radius 1 is 1.25 bits per heavy atom. The summed E-state index contributed by atoms with van der Waals surface area (Å²) in [5.41, 5.74) is 0.923. The molecule has 2 aromatic rings. The van der Waals surface area contributed by atoms with Gasteiger partial charge in [0.05, 0.1) is 5.02 Å². The third-order valence-electron chi connectivity index (χ3n) is 2.49. The van der Waals surface area contributed by atoms with Gasteiger partial charge in [-0.1, -0.05) is 27.5 Å². The van der Waals surface area contributed by atoms with E-state index < -0.39 is 10.0 Å². The lowest BCUT2D eigenvalue weighted by Crippen LogP contribution is -2.15. The molecule has 0 saturated carbocycles. The van der Waals surface area contributed by atoms with E-state index in [-0.39, 0.29) is 15.7 Å². The van der Waals surface area contributed by atoms with E-state index in [0.717, 1.165) is 5.56 Å². The molecule has 1 aromatic carbocycles. The Kier molecular flexibility index (Phi) is 4.73. The minimum absolute atomic E-state index is 0.0952. The normalized spacial score (nSPS) is 11.4. The Morgan fingerprint density at radius 2 is 1.95 bits per heavy atom. The molecule has 0 saturated heterocycles. The molecule has 1 aromatic heterocycles. The van der Waals surface area contributed by atoms with Gasteiger partial charge in [0.15, 0.2) is 5.82 Å². The maximum absolute atomic E-state index is 12.4. The number of hydrogen-bond donors (Lipinski definition) is 1. The minimum Gasteiger partial charge on any atom is -0.262 e. The number of halogens is 3. The molecule has 1 N–H and O–H groups in total. The third kappa shape index (κ3) is 3.33. The van der Waals surface area contributed by atoms with Crippen LogP contribution in [0.1, 0.15) is 5.56 Å². The number of pyridine rings is 1. The lowest BCUT2D eigenvalue weighted by atomic mass is 10.2. The molecule has 0 aliphatic rings. The van der Waals surface area contributed by atoms with Crippen molar-refractivity contribution >= 4 is 59.3 Å². The molecule has 20 heavy (non-hydrogen) atoms. The van der Waals surface area contributed by atoms with Gasteiger partial charge in [-0.15, -0.1) is 0 Å². The highest BCUT2D eigenvalue weighted by molar-refractivity contribution is 9.11. The molecule has 0 aliphatic carbocycles. The first-order valence-corrected chi connectivity index (χ1v) is 8.85. The number of nitrogens with one attached hydrogen (secondary N) is 1. The summed E-state index contributed by atoms with van der Waals surface area (Å²) < 4.78 is 28.3. The van der Waals surface area contributed by atoms with Crippen LogP contribution in [0.4, 0.5) is 5.82 Å². The molecular weight excluding hydrogens is 431 g/mol. The molecule has 0 fully saturated rings. The van der Waals surface area contributed by atoms with Crippen LogP contribution in [0, 0.1) is 6.92 Å². The molecule has 106 valence electrons. The van der Waals surface area contributed by atoms with E-state index >= 15 is 0 Å². The number of rotatable bonds is 3. The molecule has 0 bridgehead atoms. The van der Waals surface area contributed by atoms with Gasteiger partial charge < -0.3 is 0 Å². The van der Waals surface area contributed by atoms with Gasteiger partial charge in [0.1, 0.15) is 4.90 Å². The zero-order valence-electron chi connectivity index (χ0n) is 10.2. The van der Waals surface area contributed by atoms with Crippen LogP contribution < -0.4 is 4.72 Å². The van der Waals surface area contributed by atoms with E-state index in [1.54, 1.807) is 18.2 Å². The molecule has 0 radical (unpaired) electrons. The zero-order chi connectivity index (χ0) is 14.9. The largest absolute Gasteiger partial charge is 0.264 e. The van der Waals surface area contributed by atoms with Gasteiger partial charge in [-0.05, 0) is 52.7 Å². The highest BCUT2D eigenvalue weighted by atomic mass is 79.9. The van der Waals surface area contributed by atoms with Gasteiger partial charge in [-0.25, -0.2) is 13.4 Å². The summed E-state index contributed by atoms with van der Waals surface area (Å²) in [5, 5.41) is 0.235. The number of sulfonamides is 1. The first kappa shape index (κ1) is 15.8. The second kappa shape index (κ2) is 6.01. The SMILES string of the molecule is Cc1cc(Br)c(S(=O)(=O)Nc2ncccc2Cl)cc1Br. The van der Waals surface area contributed by atoms with Gasteiger partial charge >= 0.3 is 0 Å². The van der Waals surface area contributed by atoms with E-state index in [1.165, 1.54) is 12.3 Å². The topological polar surface area (TPSA) is 59.1 Å². The number of aryl methyl sites for hydroxylation is 1. The number of nitrogens with zero attached hydrogens (tertiary/aromatic N) is 1. The number of anilines is 1. The van der Waals surface area contributed by atoms with Crippen LogP contribution in [0.15, 0.2) is 44.3 Å². The predicted molar refractivity (Wildman–Crippen MR) is 86.6 cm³/mol. The summed E-state index contributed by atoms with van der Waals surface area (Å²) in [6, 6.07) is 6.43. The van der Waals surface area contributed by atoms with Crippen LogP contribution in [0.25, 0.3) is 0 Å². The molecule has 4 nitrogen and oxygen atoms in total. The van der Waals surface area contributed by atoms with Crippen molar-refractivity contribution in [2.24, 2.45) is 0 Å². The Balaban J connectivity index is 2.47. The lowest BCUT2D eigenvalue weighted by Gasteiger charge is -2.11. The monoisotopic (exact) mass is 438 g/mol. The summed E-state index contributed by atoms with van der Waals surface area (Å²) in [5.74, 6) is 0.0952. The number of aromatic nitrogens is 1. The minimum atomic E-state index is -3.78. The van der Waals surface area contributed by atoms with Crippen LogP contribution in [-0.2, 0) is 10.0 Å². The summed E-state index contributed by atoms with van der Waals surface area (Å²) in [6.45, 7) is 1.87. The van der Waals surface area contributed by atoms with Crippen LogP contribution in [-0.4, -0.2) is 13.4 Å². The molecule has 0 atom stereocenters. The second-order valence-corrected chi connectivity index (χ2v) is 7.74. The standard InChI is InChI=1S/C12H9Br2ClN2O2S/c1-7-5-9(14)11(6-8(7)13)20(18,19)17-12-10(15)3-2-4-16-12/h2-6H,1H3,(H,16,17). The third-order valence-corrected chi connectivity index (χ3v) is 5.95. The first-order chi connectivity index (χ1) is 9.31. The molecule has 1 heterocycles. The number of hydrogen-bond acceptors (Lipinski definition) is 3. The summed E-state index contributed by atoms with van der Waals surface area (Å²) in [6.07, 6.45) is 1.46. The van der Waals surface area contributed by atoms with Crippen molar-refractivity contribution in [2.45, 2.75) is 11.8 Å². The fourth-order valence-electron chi connectivity index (χ4n) is 1.48. The van der Waals surface area contributed by atoms with Crippen LogP contribution in [0.5, 0.6) is 0 Å². The molecular formula is C12H9Br2ClN2O2S. The highest BCUT2D eigenvalue weighted by Gasteiger charge is 2.20. The molecule has 0 aliphatic heterocycles. The van der Waals surface area contributed by atoms with Crippen molar-refractivity contribution in [2.75, 3.05) is 4.72 Å². The summed E-state index contributed by atoms with van der Waals surface area (Å²) in [4.78, 5) is 4.02. The molecule has 0 unspecified atom stereocenters. The van der Waals surface area contributed by atoms with E-state index in [4.69, 9.17) is 11.6 Å². The average molecular weight is 441 g/mol. The quantitative estimate of drug-likeness (QED) is 0.771. The van der Waals surface area contributed by atoms with Crippen molar-refractivity contribution in [3.05, 3.63) is 50.0 Å². The Labute approximate surface area is 138 Å². The van der Waals surface area contributed by atoms with Crippen molar-refractivity contribution in [1.82, 2.24) is 4.98 Å². The van der Waals surface area contributed by atoms with Crippen molar-refractivity contribution in [3.8, 4) is 0 Å². The number of benzene rings is 1. The molecule has 2 rings (SSSR count). The average Bonchev–Trinajstić information content (AvgIpc) is 2.36.